The van der Waals surface area contributed by atoms with Gasteiger partial charge in [-0.15, -0.1) is 0 Å². The average Bonchev–Trinajstić information content (AvgIpc) is 2.33. The Hall–Kier alpha value is -1.80. The summed E-state index contributed by atoms with van der Waals surface area (Å²) in [6, 6.07) is 2.98. The lowest BCUT2D eigenvalue weighted by Gasteiger charge is -2.28. The SMILES string of the molecule is CN(C)CC(c1cc(NC(=O)O)cc(C(F)(F)F)c1)N(C)C. The Morgan fingerprint density at radius 1 is 1.23 bits per heavy atom. The van der Waals surface area contributed by atoms with Gasteiger partial charge in [0.25, 0.3) is 0 Å². The molecule has 1 unspecified atom stereocenters. The smallest absolute Gasteiger partial charge is 0.416 e. The molecule has 22 heavy (non-hydrogen) atoms. The number of amides is 1. The molecule has 0 aromatic heterocycles. The van der Waals surface area contributed by atoms with Crippen LogP contribution in [0.15, 0.2) is 18.2 Å². The minimum atomic E-state index is -4.54. The highest BCUT2D eigenvalue weighted by atomic mass is 19.4. The van der Waals surface area contributed by atoms with E-state index in [9.17, 15) is 18.0 Å². The van der Waals surface area contributed by atoms with Gasteiger partial charge in [-0.25, -0.2) is 4.79 Å². The van der Waals surface area contributed by atoms with Crippen molar-refractivity contribution in [3.63, 3.8) is 0 Å². The van der Waals surface area contributed by atoms with E-state index in [4.69, 9.17) is 5.11 Å². The number of halogens is 3. The highest BCUT2D eigenvalue weighted by Crippen LogP contribution is 2.34. The normalized spacial score (nSPS) is 13.5. The van der Waals surface area contributed by atoms with Crippen molar-refractivity contribution in [1.29, 1.82) is 0 Å². The van der Waals surface area contributed by atoms with Crippen LogP contribution in [0, 0.1) is 0 Å². The van der Waals surface area contributed by atoms with Crippen molar-refractivity contribution in [1.82, 2.24) is 9.80 Å². The number of rotatable bonds is 5. The zero-order chi connectivity index (χ0) is 17.1. The summed E-state index contributed by atoms with van der Waals surface area (Å²) in [7, 11) is 7.17. The molecule has 1 amide bonds. The van der Waals surface area contributed by atoms with E-state index in [0.717, 1.165) is 12.1 Å². The summed E-state index contributed by atoms with van der Waals surface area (Å²) in [4.78, 5) is 14.4. The van der Waals surface area contributed by atoms with Crippen molar-refractivity contribution >= 4 is 11.8 Å². The minimum Gasteiger partial charge on any atom is -0.465 e. The van der Waals surface area contributed by atoms with Crippen LogP contribution in [0.25, 0.3) is 0 Å². The highest BCUT2D eigenvalue weighted by molar-refractivity contribution is 5.83. The number of alkyl halides is 3. The van der Waals surface area contributed by atoms with Crippen LogP contribution in [0.3, 0.4) is 0 Å². The summed E-state index contributed by atoms with van der Waals surface area (Å²) in [5.74, 6) is 0. The fraction of sp³-hybridized carbons (Fsp3) is 0.500. The summed E-state index contributed by atoms with van der Waals surface area (Å²) in [5, 5.41) is 10.7. The van der Waals surface area contributed by atoms with Gasteiger partial charge in [-0.3, -0.25) is 5.32 Å². The first-order chi connectivity index (χ1) is 10.0. The van der Waals surface area contributed by atoms with Crippen molar-refractivity contribution in [3.05, 3.63) is 29.3 Å². The topological polar surface area (TPSA) is 55.8 Å². The zero-order valence-corrected chi connectivity index (χ0v) is 12.9. The number of anilines is 1. The molecule has 0 aliphatic rings. The van der Waals surface area contributed by atoms with Gasteiger partial charge in [-0.1, -0.05) is 0 Å². The summed E-state index contributed by atoms with van der Waals surface area (Å²) in [6.45, 7) is 0.501. The molecule has 2 N–H and O–H groups in total. The standard InChI is InChI=1S/C14H20F3N3O2/c1-19(2)8-12(20(3)4)9-5-10(14(15,16)17)7-11(6-9)18-13(21)22/h5-7,12,18H,8H2,1-4H3,(H,21,22). The number of hydrogen-bond acceptors (Lipinski definition) is 3. The average molecular weight is 319 g/mol. The quantitative estimate of drug-likeness (QED) is 0.876. The molecule has 0 saturated heterocycles. The Balaban J connectivity index is 3.34. The number of nitrogens with one attached hydrogen (secondary N) is 1. The number of carbonyl (C=O) groups is 1. The first kappa shape index (κ1) is 18.2. The lowest BCUT2D eigenvalue weighted by molar-refractivity contribution is -0.137. The fourth-order valence-electron chi connectivity index (χ4n) is 2.12. The molecule has 0 spiro atoms. The van der Waals surface area contributed by atoms with E-state index >= 15 is 0 Å². The third-order valence-electron chi connectivity index (χ3n) is 3.08. The molecule has 1 aromatic rings. The molecule has 8 heteroatoms. The van der Waals surface area contributed by atoms with E-state index in [1.165, 1.54) is 6.07 Å². The second kappa shape index (κ2) is 6.97. The number of nitrogens with zero attached hydrogens (tertiary/aromatic N) is 2. The van der Waals surface area contributed by atoms with E-state index in [1.54, 1.807) is 19.0 Å². The first-order valence-corrected chi connectivity index (χ1v) is 6.54. The van der Waals surface area contributed by atoms with Crippen LogP contribution in [0.2, 0.25) is 0 Å². The molecular formula is C14H20F3N3O2. The largest absolute Gasteiger partial charge is 0.465 e. The van der Waals surface area contributed by atoms with E-state index in [-0.39, 0.29) is 11.7 Å². The molecule has 0 aliphatic carbocycles. The van der Waals surface area contributed by atoms with Crippen LogP contribution in [-0.4, -0.2) is 55.7 Å². The zero-order valence-electron chi connectivity index (χ0n) is 12.9. The maximum atomic E-state index is 13.0. The molecule has 0 aliphatic heterocycles. The number of likely N-dealkylation sites (N-methyl/N-ethyl adjacent to an activating group) is 2. The highest BCUT2D eigenvalue weighted by Gasteiger charge is 2.32. The molecule has 1 atom stereocenters. The Kier molecular flexibility index (Phi) is 5.78. The van der Waals surface area contributed by atoms with Crippen LogP contribution in [0.4, 0.5) is 23.7 Å². The van der Waals surface area contributed by atoms with E-state index < -0.39 is 17.8 Å². The molecule has 0 radical (unpaired) electrons. The van der Waals surface area contributed by atoms with Crippen molar-refractivity contribution in [2.24, 2.45) is 0 Å². The Labute approximate surface area is 127 Å². The molecule has 124 valence electrons. The summed E-state index contributed by atoms with van der Waals surface area (Å²) in [5.41, 5.74) is -0.570. The third kappa shape index (κ3) is 5.19. The van der Waals surface area contributed by atoms with Crippen LogP contribution in [0.1, 0.15) is 17.2 Å². The molecular weight excluding hydrogens is 299 g/mol. The molecule has 0 saturated carbocycles. The van der Waals surface area contributed by atoms with Gasteiger partial charge in [0.15, 0.2) is 0 Å². The van der Waals surface area contributed by atoms with Crippen molar-refractivity contribution in [2.45, 2.75) is 12.2 Å². The van der Waals surface area contributed by atoms with Crippen LogP contribution in [-0.2, 0) is 6.18 Å². The predicted molar refractivity (Wildman–Crippen MR) is 78.1 cm³/mol. The Morgan fingerprint density at radius 2 is 1.82 bits per heavy atom. The summed E-state index contributed by atoms with van der Waals surface area (Å²) < 4.78 is 39.0. The summed E-state index contributed by atoms with van der Waals surface area (Å²) >= 11 is 0. The molecule has 5 nitrogen and oxygen atoms in total. The van der Waals surface area contributed by atoms with E-state index in [1.807, 2.05) is 24.3 Å². The lowest BCUT2D eigenvalue weighted by Crippen LogP contribution is -2.30. The van der Waals surface area contributed by atoms with Gasteiger partial charge in [-0.05, 0) is 52.0 Å². The van der Waals surface area contributed by atoms with Gasteiger partial charge in [0.05, 0.1) is 5.56 Å². The van der Waals surface area contributed by atoms with Gasteiger partial charge >= 0.3 is 12.3 Å². The lowest BCUT2D eigenvalue weighted by atomic mass is 10.0. The molecule has 0 fully saturated rings. The number of carboxylic acid groups (broad SMARTS) is 1. The van der Waals surface area contributed by atoms with Gasteiger partial charge in [-0.2, -0.15) is 13.2 Å². The first-order valence-electron chi connectivity index (χ1n) is 6.54. The van der Waals surface area contributed by atoms with Crippen molar-refractivity contribution in [3.8, 4) is 0 Å². The fourth-order valence-corrected chi connectivity index (χ4v) is 2.12. The Bertz CT molecular complexity index is 531. The maximum Gasteiger partial charge on any atom is 0.416 e. The van der Waals surface area contributed by atoms with Crippen LogP contribution in [0.5, 0.6) is 0 Å². The van der Waals surface area contributed by atoms with Crippen LogP contribution < -0.4 is 5.32 Å². The molecule has 0 bridgehead atoms. The van der Waals surface area contributed by atoms with Gasteiger partial charge in [0.2, 0.25) is 0 Å². The molecule has 0 heterocycles. The van der Waals surface area contributed by atoms with Gasteiger partial charge < -0.3 is 14.9 Å². The minimum absolute atomic E-state index is 0.0945. The maximum absolute atomic E-state index is 13.0. The monoisotopic (exact) mass is 319 g/mol. The number of benzene rings is 1. The molecule has 1 rings (SSSR count). The van der Waals surface area contributed by atoms with E-state index in [2.05, 4.69) is 0 Å². The second-order valence-corrected chi connectivity index (χ2v) is 5.51. The second-order valence-electron chi connectivity index (χ2n) is 5.51. The van der Waals surface area contributed by atoms with Crippen molar-refractivity contribution < 1.29 is 23.1 Å². The third-order valence-corrected chi connectivity index (χ3v) is 3.08. The van der Waals surface area contributed by atoms with E-state index in [0.29, 0.717) is 12.1 Å². The summed E-state index contributed by atoms with van der Waals surface area (Å²) in [6.07, 6.45) is -5.95. The van der Waals surface area contributed by atoms with Gasteiger partial charge in [0.1, 0.15) is 0 Å². The predicted octanol–water partition coefficient (Wildman–Crippen LogP) is 2.96. The van der Waals surface area contributed by atoms with Crippen molar-refractivity contribution in [2.75, 3.05) is 40.1 Å². The Morgan fingerprint density at radius 3 is 2.23 bits per heavy atom. The molecule has 1 aromatic carbocycles. The number of hydrogen-bond donors (Lipinski definition) is 2. The van der Waals surface area contributed by atoms with Gasteiger partial charge in [0, 0.05) is 18.3 Å². The van der Waals surface area contributed by atoms with Crippen LogP contribution >= 0.6 is 0 Å².